The molecule has 0 aliphatic rings. The zero-order valence-corrected chi connectivity index (χ0v) is 8.46. The van der Waals surface area contributed by atoms with Crippen molar-refractivity contribution in [2.24, 2.45) is 0 Å². The molecular weight excluding hydrogens is 162 g/mol. The summed E-state index contributed by atoms with van der Waals surface area (Å²) < 4.78 is 0. The maximum atomic E-state index is 9.17. The maximum Gasteiger partial charge on any atom is 0.0626 e. The average molecular weight is 179 g/mol. The molecule has 0 unspecified atom stereocenters. The molecule has 0 saturated heterocycles. The van der Waals surface area contributed by atoms with Gasteiger partial charge in [0.25, 0.3) is 0 Å². The second-order valence-electron chi connectivity index (χ2n) is 3.33. The maximum absolute atomic E-state index is 9.17. The third-order valence-corrected chi connectivity index (χ3v) is 2.42. The normalized spacial score (nSPS) is 12.9. The predicted octanol–water partition coefficient (Wildman–Crippen LogP) is 1.56. The largest absolute Gasteiger partial charge is 0.394 e. The molecule has 2 nitrogen and oxygen atoms in total. The Balaban J connectivity index is 3.10. The average Bonchev–Trinajstić information content (AvgIpc) is 2.11. The van der Waals surface area contributed by atoms with E-state index < -0.39 is 0 Å². The molecule has 0 amide bonds. The minimum absolute atomic E-state index is 0.0567. The summed E-state index contributed by atoms with van der Waals surface area (Å²) in [6.07, 6.45) is 0. The fourth-order valence-corrected chi connectivity index (χ4v) is 1.70. The molecule has 0 radical (unpaired) electrons. The summed E-state index contributed by atoms with van der Waals surface area (Å²) in [5.41, 5.74) is 3.68. The molecule has 0 aliphatic heterocycles. The number of aliphatic hydroxyl groups is 1. The molecule has 0 spiro atoms. The number of aryl methyl sites for hydroxylation is 2. The van der Waals surface area contributed by atoms with E-state index in [1.807, 2.05) is 13.1 Å². The topological polar surface area (TPSA) is 32.3 Å². The highest BCUT2D eigenvalue weighted by molar-refractivity contribution is 5.36. The van der Waals surface area contributed by atoms with Crippen molar-refractivity contribution in [2.75, 3.05) is 13.7 Å². The summed E-state index contributed by atoms with van der Waals surface area (Å²) in [7, 11) is 1.87. The number of rotatable bonds is 3. The van der Waals surface area contributed by atoms with Crippen LogP contribution in [0.2, 0.25) is 0 Å². The standard InChI is InChI=1S/C11H17NO/c1-8-5-4-6-9(2)11(8)10(7-13)12-3/h4-6,10,12-13H,7H2,1-3H3/t10-/m0/s1. The predicted molar refractivity (Wildman–Crippen MR) is 54.8 cm³/mol. The van der Waals surface area contributed by atoms with Crippen molar-refractivity contribution in [1.29, 1.82) is 0 Å². The molecule has 72 valence electrons. The van der Waals surface area contributed by atoms with Crippen LogP contribution in [-0.2, 0) is 0 Å². The van der Waals surface area contributed by atoms with Crippen LogP contribution in [0, 0.1) is 13.8 Å². The van der Waals surface area contributed by atoms with Crippen molar-refractivity contribution in [1.82, 2.24) is 5.32 Å². The molecule has 13 heavy (non-hydrogen) atoms. The van der Waals surface area contributed by atoms with E-state index in [1.54, 1.807) is 0 Å². The molecule has 1 aromatic rings. The number of hydrogen-bond donors (Lipinski definition) is 2. The van der Waals surface area contributed by atoms with Gasteiger partial charge >= 0.3 is 0 Å². The van der Waals surface area contributed by atoms with Crippen LogP contribution in [0.5, 0.6) is 0 Å². The van der Waals surface area contributed by atoms with E-state index in [-0.39, 0.29) is 12.6 Å². The highest BCUT2D eigenvalue weighted by Gasteiger charge is 2.12. The van der Waals surface area contributed by atoms with Crippen molar-refractivity contribution in [3.8, 4) is 0 Å². The minimum Gasteiger partial charge on any atom is -0.394 e. The van der Waals surface area contributed by atoms with Crippen LogP contribution in [0.3, 0.4) is 0 Å². The van der Waals surface area contributed by atoms with E-state index in [1.165, 1.54) is 16.7 Å². The fourth-order valence-electron chi connectivity index (χ4n) is 1.70. The van der Waals surface area contributed by atoms with Crippen LogP contribution < -0.4 is 5.32 Å². The molecule has 0 aliphatic carbocycles. The van der Waals surface area contributed by atoms with E-state index in [0.29, 0.717) is 0 Å². The quantitative estimate of drug-likeness (QED) is 0.738. The van der Waals surface area contributed by atoms with Gasteiger partial charge in [0.2, 0.25) is 0 Å². The SMILES string of the molecule is CN[C@@H](CO)c1c(C)cccc1C. The number of nitrogens with one attached hydrogen (secondary N) is 1. The van der Waals surface area contributed by atoms with E-state index >= 15 is 0 Å². The molecule has 0 saturated carbocycles. The van der Waals surface area contributed by atoms with Gasteiger partial charge in [-0.3, -0.25) is 0 Å². The van der Waals surface area contributed by atoms with Gasteiger partial charge in [0.05, 0.1) is 12.6 Å². The van der Waals surface area contributed by atoms with Crippen LogP contribution in [-0.4, -0.2) is 18.8 Å². The Hall–Kier alpha value is -0.860. The smallest absolute Gasteiger partial charge is 0.0626 e. The van der Waals surface area contributed by atoms with E-state index in [2.05, 4.69) is 31.3 Å². The van der Waals surface area contributed by atoms with Crippen molar-refractivity contribution in [3.63, 3.8) is 0 Å². The number of likely N-dealkylation sites (N-methyl/N-ethyl adjacent to an activating group) is 1. The van der Waals surface area contributed by atoms with Crippen molar-refractivity contribution in [3.05, 3.63) is 34.9 Å². The summed E-state index contributed by atoms with van der Waals surface area (Å²) in [5, 5.41) is 12.3. The van der Waals surface area contributed by atoms with Gasteiger partial charge in [-0.2, -0.15) is 0 Å². The van der Waals surface area contributed by atoms with E-state index in [9.17, 15) is 0 Å². The van der Waals surface area contributed by atoms with Gasteiger partial charge in [0, 0.05) is 0 Å². The van der Waals surface area contributed by atoms with Gasteiger partial charge in [0.15, 0.2) is 0 Å². The van der Waals surface area contributed by atoms with Gasteiger partial charge in [-0.05, 0) is 37.6 Å². The fraction of sp³-hybridized carbons (Fsp3) is 0.455. The van der Waals surface area contributed by atoms with Crippen LogP contribution in [0.1, 0.15) is 22.7 Å². The van der Waals surface area contributed by atoms with Gasteiger partial charge in [-0.1, -0.05) is 18.2 Å². The lowest BCUT2D eigenvalue weighted by Gasteiger charge is -2.18. The Bertz CT molecular complexity index is 259. The van der Waals surface area contributed by atoms with Crippen molar-refractivity contribution in [2.45, 2.75) is 19.9 Å². The summed E-state index contributed by atoms with van der Waals surface area (Å²) in [5.74, 6) is 0. The first-order valence-corrected chi connectivity index (χ1v) is 4.55. The third kappa shape index (κ3) is 2.08. The molecule has 0 aromatic heterocycles. The molecule has 0 heterocycles. The first-order valence-electron chi connectivity index (χ1n) is 4.55. The number of benzene rings is 1. The minimum atomic E-state index is 0.0567. The Morgan fingerprint density at radius 3 is 2.23 bits per heavy atom. The second kappa shape index (κ2) is 4.40. The lowest BCUT2D eigenvalue weighted by atomic mass is 9.97. The first kappa shape index (κ1) is 10.2. The molecule has 2 heteroatoms. The van der Waals surface area contributed by atoms with Crippen molar-refractivity contribution >= 4 is 0 Å². The lowest BCUT2D eigenvalue weighted by Crippen LogP contribution is -2.21. The highest BCUT2D eigenvalue weighted by atomic mass is 16.3. The van der Waals surface area contributed by atoms with Crippen LogP contribution >= 0.6 is 0 Å². The number of aliphatic hydroxyl groups excluding tert-OH is 1. The molecule has 1 rings (SSSR count). The Morgan fingerprint density at radius 1 is 1.31 bits per heavy atom. The molecular formula is C11H17NO. The number of hydrogen-bond acceptors (Lipinski definition) is 2. The van der Waals surface area contributed by atoms with Crippen LogP contribution in [0.15, 0.2) is 18.2 Å². The van der Waals surface area contributed by atoms with Gasteiger partial charge in [-0.25, -0.2) is 0 Å². The van der Waals surface area contributed by atoms with E-state index in [4.69, 9.17) is 5.11 Å². The third-order valence-electron chi connectivity index (χ3n) is 2.42. The first-order chi connectivity index (χ1) is 6.20. The summed E-state index contributed by atoms with van der Waals surface area (Å²) >= 11 is 0. The lowest BCUT2D eigenvalue weighted by molar-refractivity contribution is 0.250. The zero-order valence-electron chi connectivity index (χ0n) is 8.46. The molecule has 0 fully saturated rings. The molecule has 0 bridgehead atoms. The molecule has 1 aromatic carbocycles. The summed E-state index contributed by atoms with van der Waals surface area (Å²) in [6, 6.07) is 6.24. The monoisotopic (exact) mass is 179 g/mol. The van der Waals surface area contributed by atoms with Crippen LogP contribution in [0.4, 0.5) is 0 Å². The van der Waals surface area contributed by atoms with Gasteiger partial charge < -0.3 is 10.4 Å². The van der Waals surface area contributed by atoms with Crippen molar-refractivity contribution < 1.29 is 5.11 Å². The van der Waals surface area contributed by atoms with E-state index in [0.717, 1.165) is 0 Å². The summed E-state index contributed by atoms with van der Waals surface area (Å²) in [6.45, 7) is 4.28. The Morgan fingerprint density at radius 2 is 1.85 bits per heavy atom. The highest BCUT2D eigenvalue weighted by Crippen LogP contribution is 2.20. The Kier molecular flexibility index (Phi) is 3.46. The second-order valence-corrected chi connectivity index (χ2v) is 3.33. The van der Waals surface area contributed by atoms with Gasteiger partial charge in [-0.15, -0.1) is 0 Å². The van der Waals surface area contributed by atoms with Crippen LogP contribution in [0.25, 0.3) is 0 Å². The molecule has 1 atom stereocenters. The van der Waals surface area contributed by atoms with Gasteiger partial charge in [0.1, 0.15) is 0 Å². The Labute approximate surface area is 79.6 Å². The summed E-state index contributed by atoms with van der Waals surface area (Å²) in [4.78, 5) is 0. The zero-order chi connectivity index (χ0) is 9.84. The molecule has 2 N–H and O–H groups in total.